The summed E-state index contributed by atoms with van der Waals surface area (Å²) in [6.45, 7) is 6.63. The third-order valence-electron chi connectivity index (χ3n) is 3.43. The lowest BCUT2D eigenvalue weighted by Gasteiger charge is -2.27. The van der Waals surface area contributed by atoms with E-state index >= 15 is 0 Å². The van der Waals surface area contributed by atoms with Crippen LogP contribution >= 0.6 is 11.3 Å². The summed E-state index contributed by atoms with van der Waals surface area (Å²) in [4.78, 5) is 7.93. The molecule has 0 aliphatic heterocycles. The lowest BCUT2D eigenvalue weighted by Crippen LogP contribution is -2.36. The largest absolute Gasteiger partial charge is 0.296 e. The van der Waals surface area contributed by atoms with Crippen molar-refractivity contribution in [3.05, 3.63) is 77.4 Å². The molecule has 7 heteroatoms. The SMILES string of the molecule is C=CN=C(C=C)C(F)(F)C(Cc1cncs1)c1ccc(F)cc1F. The summed E-state index contributed by atoms with van der Waals surface area (Å²) in [5.41, 5.74) is 0.571. The van der Waals surface area contributed by atoms with Crippen molar-refractivity contribution in [1.82, 2.24) is 4.98 Å². The molecule has 1 aromatic carbocycles. The zero-order valence-electron chi connectivity index (χ0n) is 12.6. The third-order valence-corrected chi connectivity index (χ3v) is 4.23. The Balaban J connectivity index is 2.55. The van der Waals surface area contributed by atoms with Crippen LogP contribution in [-0.2, 0) is 6.42 Å². The molecule has 0 spiro atoms. The van der Waals surface area contributed by atoms with Gasteiger partial charge in [-0.2, -0.15) is 8.78 Å². The van der Waals surface area contributed by atoms with Gasteiger partial charge in [-0.25, -0.2) is 8.78 Å². The van der Waals surface area contributed by atoms with Gasteiger partial charge in [0, 0.05) is 23.3 Å². The van der Waals surface area contributed by atoms with Gasteiger partial charge in [-0.05, 0) is 24.1 Å². The van der Waals surface area contributed by atoms with Crippen molar-refractivity contribution in [2.24, 2.45) is 4.99 Å². The minimum absolute atomic E-state index is 0.176. The second-order valence-corrected chi connectivity index (χ2v) is 5.89. The summed E-state index contributed by atoms with van der Waals surface area (Å²) < 4.78 is 57.2. The Kier molecular flexibility index (Phi) is 5.66. The number of rotatable bonds is 7. The van der Waals surface area contributed by atoms with Crippen molar-refractivity contribution in [3.63, 3.8) is 0 Å². The van der Waals surface area contributed by atoms with Gasteiger partial charge in [0.05, 0.1) is 11.4 Å². The van der Waals surface area contributed by atoms with Gasteiger partial charge < -0.3 is 0 Å². The molecule has 0 amide bonds. The maximum atomic E-state index is 15.0. The summed E-state index contributed by atoms with van der Waals surface area (Å²) in [6.07, 6.45) is 3.14. The number of thiazole rings is 1. The molecule has 1 heterocycles. The molecule has 2 rings (SSSR count). The van der Waals surface area contributed by atoms with Gasteiger partial charge in [-0.3, -0.25) is 9.98 Å². The predicted molar refractivity (Wildman–Crippen MR) is 87.7 cm³/mol. The van der Waals surface area contributed by atoms with E-state index in [2.05, 4.69) is 23.1 Å². The maximum Gasteiger partial charge on any atom is 0.296 e. The predicted octanol–water partition coefficient (Wildman–Crippen LogP) is 5.15. The Morgan fingerprint density at radius 3 is 2.62 bits per heavy atom. The van der Waals surface area contributed by atoms with E-state index < -0.39 is 29.2 Å². The first-order valence-electron chi connectivity index (χ1n) is 6.91. The Hall–Kier alpha value is -2.28. The average molecular weight is 354 g/mol. The van der Waals surface area contributed by atoms with E-state index in [0.717, 1.165) is 24.4 Å². The molecular weight excluding hydrogens is 340 g/mol. The van der Waals surface area contributed by atoms with E-state index in [1.165, 1.54) is 23.0 Å². The Morgan fingerprint density at radius 2 is 2.08 bits per heavy atom. The fraction of sp³-hybridized carbons (Fsp3) is 0.176. The number of hydrogen-bond donors (Lipinski definition) is 0. The van der Waals surface area contributed by atoms with Crippen LogP contribution in [0.15, 0.2) is 60.3 Å². The number of nitrogens with zero attached hydrogens (tertiary/aromatic N) is 2. The van der Waals surface area contributed by atoms with Gasteiger partial charge in [0.25, 0.3) is 5.92 Å². The van der Waals surface area contributed by atoms with E-state index in [9.17, 15) is 17.6 Å². The monoisotopic (exact) mass is 354 g/mol. The number of halogens is 4. The van der Waals surface area contributed by atoms with Crippen molar-refractivity contribution >= 4 is 17.0 Å². The number of allylic oxidation sites excluding steroid dienone is 1. The molecule has 0 saturated carbocycles. The summed E-state index contributed by atoms with van der Waals surface area (Å²) in [6, 6.07) is 2.56. The molecule has 2 nitrogen and oxygen atoms in total. The molecule has 0 aliphatic rings. The van der Waals surface area contributed by atoms with Gasteiger partial charge in [0.1, 0.15) is 17.3 Å². The standard InChI is InChI=1S/C17H14F4N2S/c1-3-16(23-4-2)17(20,21)14(8-12-9-22-10-24-12)13-6-5-11(18)7-15(13)19/h3-7,9-10,14H,1-2,8H2. The highest BCUT2D eigenvalue weighted by molar-refractivity contribution is 7.09. The first kappa shape index (κ1) is 18.1. The first-order valence-corrected chi connectivity index (χ1v) is 7.79. The van der Waals surface area contributed by atoms with E-state index in [1.54, 1.807) is 0 Å². The molecule has 2 aromatic rings. The van der Waals surface area contributed by atoms with Gasteiger partial charge in [-0.1, -0.05) is 19.2 Å². The van der Waals surface area contributed by atoms with Crippen molar-refractivity contribution < 1.29 is 17.6 Å². The maximum absolute atomic E-state index is 15.0. The molecule has 126 valence electrons. The van der Waals surface area contributed by atoms with Gasteiger partial charge >= 0.3 is 0 Å². The molecule has 1 aromatic heterocycles. The molecule has 1 unspecified atom stereocenters. The second kappa shape index (κ2) is 7.53. The van der Waals surface area contributed by atoms with Crippen LogP contribution in [0.1, 0.15) is 16.4 Å². The van der Waals surface area contributed by atoms with E-state index in [4.69, 9.17) is 0 Å². The highest BCUT2D eigenvalue weighted by Gasteiger charge is 2.45. The van der Waals surface area contributed by atoms with E-state index in [-0.39, 0.29) is 12.0 Å². The van der Waals surface area contributed by atoms with Gasteiger partial charge in [0.2, 0.25) is 0 Å². The Labute approximate surface area is 140 Å². The van der Waals surface area contributed by atoms with Crippen LogP contribution in [0.4, 0.5) is 17.6 Å². The van der Waals surface area contributed by atoms with Crippen LogP contribution in [0.25, 0.3) is 0 Å². The van der Waals surface area contributed by atoms with Crippen LogP contribution in [0.5, 0.6) is 0 Å². The lowest BCUT2D eigenvalue weighted by atomic mass is 9.86. The number of benzene rings is 1. The van der Waals surface area contributed by atoms with Crippen molar-refractivity contribution in [2.75, 3.05) is 0 Å². The number of hydrogen-bond acceptors (Lipinski definition) is 3. The highest BCUT2D eigenvalue weighted by Crippen LogP contribution is 2.39. The molecular formula is C17H14F4N2S. The Bertz CT molecular complexity index is 754. The summed E-state index contributed by atoms with van der Waals surface area (Å²) >= 11 is 1.18. The highest BCUT2D eigenvalue weighted by atomic mass is 32.1. The molecule has 0 bridgehead atoms. The fourth-order valence-corrected chi connectivity index (χ4v) is 2.96. The number of aliphatic imine (C=N–C) groups is 1. The van der Waals surface area contributed by atoms with E-state index in [0.29, 0.717) is 10.9 Å². The zero-order chi connectivity index (χ0) is 17.7. The summed E-state index contributed by atoms with van der Waals surface area (Å²) in [5, 5.41) is 0. The minimum atomic E-state index is -3.53. The fourth-order valence-electron chi connectivity index (χ4n) is 2.31. The second-order valence-electron chi connectivity index (χ2n) is 4.91. The molecule has 0 radical (unpaired) electrons. The molecule has 0 fully saturated rings. The summed E-state index contributed by atoms with van der Waals surface area (Å²) in [5.74, 6) is -6.99. The molecule has 24 heavy (non-hydrogen) atoms. The topological polar surface area (TPSA) is 25.2 Å². The minimum Gasteiger partial charge on any atom is -0.256 e. The van der Waals surface area contributed by atoms with Crippen molar-refractivity contribution in [1.29, 1.82) is 0 Å². The molecule has 0 aliphatic carbocycles. The van der Waals surface area contributed by atoms with Gasteiger partial charge in [0.15, 0.2) is 0 Å². The van der Waals surface area contributed by atoms with Crippen LogP contribution in [-0.4, -0.2) is 16.6 Å². The third kappa shape index (κ3) is 3.79. The summed E-state index contributed by atoms with van der Waals surface area (Å²) in [7, 11) is 0. The van der Waals surface area contributed by atoms with Crippen molar-refractivity contribution in [2.45, 2.75) is 18.3 Å². The quantitative estimate of drug-likeness (QED) is 0.498. The lowest BCUT2D eigenvalue weighted by molar-refractivity contribution is 0.0457. The van der Waals surface area contributed by atoms with Crippen molar-refractivity contribution in [3.8, 4) is 0 Å². The molecule has 0 N–H and O–H groups in total. The number of aromatic nitrogens is 1. The van der Waals surface area contributed by atoms with Crippen LogP contribution < -0.4 is 0 Å². The van der Waals surface area contributed by atoms with Crippen LogP contribution in [0.2, 0.25) is 0 Å². The molecule has 1 atom stereocenters. The smallest absolute Gasteiger partial charge is 0.256 e. The normalized spacial score (nSPS) is 13.6. The average Bonchev–Trinajstić information content (AvgIpc) is 3.04. The zero-order valence-corrected chi connectivity index (χ0v) is 13.4. The first-order chi connectivity index (χ1) is 11.4. The Morgan fingerprint density at radius 1 is 1.33 bits per heavy atom. The van der Waals surface area contributed by atoms with Crippen LogP contribution in [0, 0.1) is 11.6 Å². The molecule has 0 saturated heterocycles. The number of alkyl halides is 2. The van der Waals surface area contributed by atoms with E-state index in [1.807, 2.05) is 0 Å². The van der Waals surface area contributed by atoms with Crippen LogP contribution in [0.3, 0.4) is 0 Å². The van der Waals surface area contributed by atoms with Gasteiger partial charge in [-0.15, -0.1) is 11.3 Å².